The van der Waals surface area contributed by atoms with Gasteiger partial charge in [-0.3, -0.25) is 4.79 Å². The number of halogens is 1. The van der Waals surface area contributed by atoms with Crippen LogP contribution < -0.4 is 5.32 Å². The van der Waals surface area contributed by atoms with Crippen molar-refractivity contribution < 1.29 is 4.79 Å². The predicted octanol–water partition coefficient (Wildman–Crippen LogP) is 3.64. The second-order valence-corrected chi connectivity index (χ2v) is 5.48. The van der Waals surface area contributed by atoms with E-state index in [0.29, 0.717) is 18.4 Å². The molecule has 1 aliphatic rings. The van der Waals surface area contributed by atoms with Crippen molar-refractivity contribution in [2.75, 3.05) is 5.33 Å². The van der Waals surface area contributed by atoms with Gasteiger partial charge in [-0.15, -0.1) is 0 Å². The van der Waals surface area contributed by atoms with Crippen molar-refractivity contribution in [2.45, 2.75) is 64.3 Å². The number of hydrogen-bond donors (Lipinski definition) is 1. The van der Waals surface area contributed by atoms with E-state index in [1.54, 1.807) is 0 Å². The van der Waals surface area contributed by atoms with E-state index in [1.165, 1.54) is 32.1 Å². The summed E-state index contributed by atoms with van der Waals surface area (Å²) in [6.45, 7) is 2.19. The van der Waals surface area contributed by atoms with Gasteiger partial charge in [-0.1, -0.05) is 48.5 Å². The van der Waals surface area contributed by atoms with Crippen molar-refractivity contribution >= 4 is 21.8 Å². The Kier molecular flexibility index (Phi) is 7.10. The lowest BCUT2D eigenvalue weighted by molar-refractivity contribution is -0.122. The van der Waals surface area contributed by atoms with Crippen LogP contribution in [0.3, 0.4) is 0 Å². The Morgan fingerprint density at radius 3 is 2.81 bits per heavy atom. The normalized spacial score (nSPS) is 24.6. The summed E-state index contributed by atoms with van der Waals surface area (Å²) in [5, 5.41) is 4.21. The van der Waals surface area contributed by atoms with Gasteiger partial charge in [0, 0.05) is 17.8 Å². The summed E-state index contributed by atoms with van der Waals surface area (Å²) in [6.07, 6.45) is 9.12. The zero-order valence-corrected chi connectivity index (χ0v) is 11.9. The molecule has 0 aliphatic heterocycles. The van der Waals surface area contributed by atoms with Crippen molar-refractivity contribution in [3.05, 3.63) is 0 Å². The molecule has 0 aromatic rings. The van der Waals surface area contributed by atoms with E-state index in [-0.39, 0.29) is 5.91 Å². The molecule has 16 heavy (non-hydrogen) atoms. The number of nitrogens with one attached hydrogen (secondary N) is 1. The van der Waals surface area contributed by atoms with Gasteiger partial charge in [0.05, 0.1) is 0 Å². The minimum absolute atomic E-state index is 0.258. The zero-order chi connectivity index (χ0) is 11.8. The van der Waals surface area contributed by atoms with Crippen LogP contribution in [-0.2, 0) is 4.79 Å². The number of hydrogen-bond acceptors (Lipinski definition) is 1. The van der Waals surface area contributed by atoms with Crippen LogP contribution in [0.25, 0.3) is 0 Å². The van der Waals surface area contributed by atoms with Crippen LogP contribution >= 0.6 is 15.9 Å². The maximum Gasteiger partial charge on any atom is 0.220 e. The maximum atomic E-state index is 11.7. The van der Waals surface area contributed by atoms with Crippen LogP contribution in [0.15, 0.2) is 0 Å². The molecule has 0 radical (unpaired) electrons. The maximum absolute atomic E-state index is 11.7. The van der Waals surface area contributed by atoms with Crippen LogP contribution in [0, 0.1) is 5.92 Å². The largest absolute Gasteiger partial charge is 0.353 e. The predicted molar refractivity (Wildman–Crippen MR) is 71.8 cm³/mol. The SMILES string of the molecule is CCCCCCC(=O)NC1CCCC1CBr. The third-order valence-corrected chi connectivity index (χ3v) is 4.29. The molecule has 1 fully saturated rings. The molecule has 1 amide bonds. The van der Waals surface area contributed by atoms with Crippen molar-refractivity contribution in [3.63, 3.8) is 0 Å². The van der Waals surface area contributed by atoms with Gasteiger partial charge in [-0.25, -0.2) is 0 Å². The lowest BCUT2D eigenvalue weighted by Gasteiger charge is -2.18. The van der Waals surface area contributed by atoms with Crippen LogP contribution in [0.5, 0.6) is 0 Å². The van der Waals surface area contributed by atoms with E-state index in [2.05, 4.69) is 28.2 Å². The van der Waals surface area contributed by atoms with E-state index in [0.717, 1.165) is 18.2 Å². The minimum atomic E-state index is 0.258. The highest BCUT2D eigenvalue weighted by atomic mass is 79.9. The summed E-state index contributed by atoms with van der Waals surface area (Å²) in [7, 11) is 0. The van der Waals surface area contributed by atoms with Crippen molar-refractivity contribution in [2.24, 2.45) is 5.92 Å². The topological polar surface area (TPSA) is 29.1 Å². The minimum Gasteiger partial charge on any atom is -0.353 e. The highest BCUT2D eigenvalue weighted by Crippen LogP contribution is 2.27. The summed E-state index contributed by atoms with van der Waals surface area (Å²) in [4.78, 5) is 11.7. The first-order valence-electron chi connectivity index (χ1n) is 6.63. The first-order valence-corrected chi connectivity index (χ1v) is 7.75. The van der Waals surface area contributed by atoms with Gasteiger partial charge in [0.1, 0.15) is 0 Å². The van der Waals surface area contributed by atoms with Crippen LogP contribution in [0.4, 0.5) is 0 Å². The monoisotopic (exact) mass is 289 g/mol. The van der Waals surface area contributed by atoms with Gasteiger partial charge in [-0.2, -0.15) is 0 Å². The number of amides is 1. The van der Waals surface area contributed by atoms with E-state index >= 15 is 0 Å². The van der Waals surface area contributed by atoms with Gasteiger partial charge in [0.25, 0.3) is 0 Å². The summed E-state index contributed by atoms with van der Waals surface area (Å²) in [5.41, 5.74) is 0. The van der Waals surface area contributed by atoms with Gasteiger partial charge in [0.2, 0.25) is 5.91 Å². The van der Waals surface area contributed by atoms with E-state index < -0.39 is 0 Å². The first kappa shape index (κ1) is 14.0. The number of alkyl halides is 1. The molecule has 0 bridgehead atoms. The average molecular weight is 290 g/mol. The summed E-state index contributed by atoms with van der Waals surface area (Å²) < 4.78 is 0. The molecule has 0 heterocycles. The summed E-state index contributed by atoms with van der Waals surface area (Å²) in [5.74, 6) is 0.911. The smallest absolute Gasteiger partial charge is 0.220 e. The van der Waals surface area contributed by atoms with Crippen molar-refractivity contribution in [3.8, 4) is 0 Å². The Hall–Kier alpha value is -0.0500. The number of carbonyl (C=O) groups excluding carboxylic acids is 1. The molecule has 1 saturated carbocycles. The number of unbranched alkanes of at least 4 members (excludes halogenated alkanes) is 3. The van der Waals surface area contributed by atoms with E-state index in [1.807, 2.05) is 0 Å². The first-order chi connectivity index (χ1) is 7.77. The molecular formula is C13H24BrNO. The molecule has 1 rings (SSSR count). The fourth-order valence-electron chi connectivity index (χ4n) is 2.40. The number of carbonyl (C=O) groups is 1. The molecule has 94 valence electrons. The lowest BCUT2D eigenvalue weighted by Crippen LogP contribution is -2.37. The van der Waals surface area contributed by atoms with Gasteiger partial charge in [-0.05, 0) is 25.2 Å². The van der Waals surface area contributed by atoms with Crippen LogP contribution in [0.1, 0.15) is 58.3 Å². The Morgan fingerprint density at radius 1 is 1.31 bits per heavy atom. The van der Waals surface area contributed by atoms with E-state index in [9.17, 15) is 4.79 Å². The van der Waals surface area contributed by atoms with Gasteiger partial charge >= 0.3 is 0 Å². The summed E-state index contributed by atoms with van der Waals surface area (Å²) in [6, 6.07) is 0.429. The molecule has 2 nitrogen and oxygen atoms in total. The highest BCUT2D eigenvalue weighted by molar-refractivity contribution is 9.09. The molecule has 1 aliphatic carbocycles. The third kappa shape index (κ3) is 4.86. The second-order valence-electron chi connectivity index (χ2n) is 4.83. The quantitative estimate of drug-likeness (QED) is 0.563. The lowest BCUT2D eigenvalue weighted by atomic mass is 10.1. The highest BCUT2D eigenvalue weighted by Gasteiger charge is 2.27. The molecule has 1 N–H and O–H groups in total. The van der Waals surface area contributed by atoms with Crippen LogP contribution in [0.2, 0.25) is 0 Å². The Labute approximate surface area is 108 Å². The average Bonchev–Trinajstić information content (AvgIpc) is 2.71. The number of rotatable bonds is 7. The van der Waals surface area contributed by atoms with Gasteiger partial charge < -0.3 is 5.32 Å². The molecule has 0 spiro atoms. The van der Waals surface area contributed by atoms with Crippen molar-refractivity contribution in [1.29, 1.82) is 0 Å². The molecule has 2 atom stereocenters. The van der Waals surface area contributed by atoms with Crippen molar-refractivity contribution in [1.82, 2.24) is 5.32 Å². The zero-order valence-electron chi connectivity index (χ0n) is 10.3. The Morgan fingerprint density at radius 2 is 2.12 bits per heavy atom. The molecule has 0 saturated heterocycles. The van der Waals surface area contributed by atoms with Gasteiger partial charge in [0.15, 0.2) is 0 Å². The Bertz CT molecular complexity index is 208. The van der Waals surface area contributed by atoms with Crippen LogP contribution in [-0.4, -0.2) is 17.3 Å². The van der Waals surface area contributed by atoms with E-state index in [4.69, 9.17) is 0 Å². The third-order valence-electron chi connectivity index (χ3n) is 3.46. The fraction of sp³-hybridized carbons (Fsp3) is 0.923. The molecule has 3 heteroatoms. The summed E-state index contributed by atoms with van der Waals surface area (Å²) >= 11 is 3.53. The fourth-order valence-corrected chi connectivity index (χ4v) is 3.18. The molecular weight excluding hydrogens is 266 g/mol. The standard InChI is InChI=1S/C13H24BrNO/c1-2-3-4-5-9-13(16)15-12-8-6-7-11(12)10-14/h11-12H,2-10H2,1H3,(H,15,16). The molecule has 2 unspecified atom stereocenters. The molecule has 0 aromatic heterocycles. The molecule has 0 aromatic carbocycles. The Balaban J connectivity index is 2.13. The second kappa shape index (κ2) is 8.10.